The molecule has 3 N–H and O–H groups in total. The van der Waals surface area contributed by atoms with E-state index in [1.807, 2.05) is 121 Å². The van der Waals surface area contributed by atoms with Gasteiger partial charge in [-0.1, -0.05) is 151 Å². The van der Waals surface area contributed by atoms with E-state index in [-0.39, 0.29) is 11.6 Å². The van der Waals surface area contributed by atoms with Crippen molar-refractivity contribution in [2.75, 3.05) is 16.0 Å². The van der Waals surface area contributed by atoms with Crippen molar-refractivity contribution in [3.63, 3.8) is 0 Å². The molecule has 1 aromatic heterocycles. The van der Waals surface area contributed by atoms with Crippen LogP contribution in [-0.4, -0.2) is 25.6 Å². The molecule has 0 saturated carbocycles. The number of nitro benzene ring substituents is 1. The van der Waals surface area contributed by atoms with E-state index in [1.54, 1.807) is 54.6 Å². The van der Waals surface area contributed by atoms with Gasteiger partial charge >= 0.3 is 0 Å². The van der Waals surface area contributed by atoms with Gasteiger partial charge in [0.2, 0.25) is 0 Å². The third kappa shape index (κ3) is 14.9. The number of anilines is 5. The van der Waals surface area contributed by atoms with Crippen LogP contribution in [0.3, 0.4) is 0 Å². The van der Waals surface area contributed by atoms with Crippen molar-refractivity contribution < 1.29 is 14.5 Å². The van der Waals surface area contributed by atoms with Crippen molar-refractivity contribution in [1.82, 2.24) is 9.55 Å². The third-order valence-electron chi connectivity index (χ3n) is 10.2. The van der Waals surface area contributed by atoms with Gasteiger partial charge in [0.1, 0.15) is 11.5 Å². The van der Waals surface area contributed by atoms with Gasteiger partial charge in [-0.3, -0.25) is 24.3 Å². The van der Waals surface area contributed by atoms with Gasteiger partial charge in [-0.2, -0.15) is 0 Å². The molecule has 0 radical (unpaired) electrons. The normalized spacial score (nSPS) is 10.2. The first-order chi connectivity index (χ1) is 34.5. The van der Waals surface area contributed by atoms with E-state index >= 15 is 0 Å². The lowest BCUT2D eigenvalue weighted by Gasteiger charge is -2.13. The molecule has 0 aliphatic carbocycles. The molecule has 0 aliphatic heterocycles. The van der Waals surface area contributed by atoms with Gasteiger partial charge in [0.25, 0.3) is 16.8 Å². The predicted molar refractivity (Wildman–Crippen MR) is 300 cm³/mol. The molecule has 1 heterocycles. The molecular weight excluding hydrogens is 1110 g/mol. The van der Waals surface area contributed by atoms with Crippen LogP contribution >= 0.6 is 59.4 Å². The van der Waals surface area contributed by atoms with Crippen LogP contribution in [0.15, 0.2) is 250 Å². The second kappa shape index (κ2) is 25.8. The maximum Gasteiger partial charge on any atom is 0.292 e. The molecule has 10 aromatic rings. The zero-order chi connectivity index (χ0) is 50.0. The molecular formula is C57H42Br3ClN6O4. The summed E-state index contributed by atoms with van der Waals surface area (Å²) in [5.74, 6) is 0.819. The Bertz CT molecular complexity index is 3330. The Kier molecular flexibility index (Phi) is 18.6. The summed E-state index contributed by atoms with van der Waals surface area (Å²) in [7, 11) is 0. The Hall–Kier alpha value is -7.68. The summed E-state index contributed by atoms with van der Waals surface area (Å²) >= 11 is 15.3. The number of halogens is 4. The highest BCUT2D eigenvalue weighted by Crippen LogP contribution is 2.30. The molecule has 0 aliphatic rings. The zero-order valence-electron chi connectivity index (χ0n) is 37.5. The molecule has 0 fully saturated rings. The fourth-order valence-corrected chi connectivity index (χ4v) is 7.75. The first-order valence-electron chi connectivity index (χ1n) is 21.8. The lowest BCUT2D eigenvalue weighted by Crippen LogP contribution is -2.12. The number of carbonyl (C=O) groups is 2. The Morgan fingerprint density at radius 3 is 1.48 bits per heavy atom. The van der Waals surface area contributed by atoms with Crippen molar-refractivity contribution in [2.45, 2.75) is 0 Å². The van der Waals surface area contributed by atoms with Crippen LogP contribution in [0.25, 0.3) is 28.1 Å². The summed E-state index contributed by atoms with van der Waals surface area (Å²) in [5, 5.41) is 19.6. The molecule has 0 unspecified atom stereocenters. The van der Waals surface area contributed by atoms with E-state index in [0.717, 1.165) is 64.3 Å². The number of amides is 1. The third-order valence-corrected chi connectivity index (χ3v) is 12.0. The molecule has 71 heavy (non-hydrogen) atoms. The van der Waals surface area contributed by atoms with Gasteiger partial charge in [0.15, 0.2) is 0 Å². The minimum Gasteiger partial charge on any atom is -0.354 e. The second-order valence-corrected chi connectivity index (χ2v) is 18.2. The fourth-order valence-electron chi connectivity index (χ4n) is 6.83. The smallest absolute Gasteiger partial charge is 0.292 e. The van der Waals surface area contributed by atoms with Gasteiger partial charge in [0, 0.05) is 53.2 Å². The SMILES string of the molecule is Brc1ccc(-c2nc3ccccc3n2-c2ccccc2)cc1.O=C(Cl)c1ccc(Br)cc1.O=C(Nc1ccccc1Nc1ccccc1)c1ccc(Br)cc1.O=[N+]([O-])c1ccccc1Nc1ccccc1. The largest absolute Gasteiger partial charge is 0.354 e. The lowest BCUT2D eigenvalue weighted by molar-refractivity contribution is -0.383. The van der Waals surface area contributed by atoms with Crippen molar-refractivity contribution in [1.29, 1.82) is 0 Å². The topological polar surface area (TPSA) is 131 Å². The van der Waals surface area contributed by atoms with Gasteiger partial charge in [-0.25, -0.2) is 4.98 Å². The van der Waals surface area contributed by atoms with E-state index in [4.69, 9.17) is 16.6 Å². The first kappa shape index (κ1) is 51.2. The summed E-state index contributed by atoms with van der Waals surface area (Å²) in [6, 6.07) is 74.4. The number of nitro groups is 1. The molecule has 0 spiro atoms. The van der Waals surface area contributed by atoms with Crippen LogP contribution in [0.5, 0.6) is 0 Å². The summed E-state index contributed by atoms with van der Waals surface area (Å²) in [6.45, 7) is 0. The quantitative estimate of drug-likeness (QED) is 0.0706. The van der Waals surface area contributed by atoms with Crippen molar-refractivity contribution in [3.05, 3.63) is 271 Å². The number of carbonyl (C=O) groups excluding carboxylic acids is 2. The van der Waals surface area contributed by atoms with Crippen LogP contribution in [0, 0.1) is 10.1 Å². The van der Waals surface area contributed by atoms with Gasteiger partial charge < -0.3 is 16.0 Å². The van der Waals surface area contributed by atoms with Gasteiger partial charge in [0.05, 0.1) is 27.3 Å². The van der Waals surface area contributed by atoms with Crippen molar-refractivity contribution >= 4 is 116 Å². The molecule has 0 bridgehead atoms. The minimum atomic E-state index is -0.424. The number of fused-ring (bicyclic) bond motifs is 1. The number of benzene rings is 9. The Balaban J connectivity index is 0.000000145. The number of nitrogens with one attached hydrogen (secondary N) is 3. The predicted octanol–water partition coefficient (Wildman–Crippen LogP) is 17.1. The Morgan fingerprint density at radius 2 is 0.930 bits per heavy atom. The molecule has 352 valence electrons. The number of nitrogens with zero attached hydrogens (tertiary/aromatic N) is 3. The van der Waals surface area contributed by atoms with Gasteiger partial charge in [-0.15, -0.1) is 0 Å². The zero-order valence-corrected chi connectivity index (χ0v) is 43.0. The summed E-state index contributed by atoms with van der Waals surface area (Å²) in [6.07, 6.45) is 0. The maximum absolute atomic E-state index is 12.4. The van der Waals surface area contributed by atoms with E-state index < -0.39 is 10.2 Å². The van der Waals surface area contributed by atoms with Crippen LogP contribution < -0.4 is 16.0 Å². The van der Waals surface area contributed by atoms with E-state index in [2.05, 4.69) is 123 Å². The Labute approximate surface area is 440 Å². The highest BCUT2D eigenvalue weighted by Gasteiger charge is 2.15. The van der Waals surface area contributed by atoms with E-state index in [9.17, 15) is 19.7 Å². The van der Waals surface area contributed by atoms with Crippen molar-refractivity contribution in [3.8, 4) is 17.1 Å². The Morgan fingerprint density at radius 1 is 0.493 bits per heavy atom. The van der Waals surface area contributed by atoms with E-state index in [1.165, 1.54) is 6.07 Å². The van der Waals surface area contributed by atoms with Crippen molar-refractivity contribution in [2.24, 2.45) is 0 Å². The number of imidazole rings is 1. The van der Waals surface area contributed by atoms with Crippen LogP contribution in [0.4, 0.5) is 34.1 Å². The average molecular weight is 1150 g/mol. The molecule has 1 amide bonds. The lowest BCUT2D eigenvalue weighted by atomic mass is 10.2. The van der Waals surface area contributed by atoms with Crippen LogP contribution in [-0.2, 0) is 0 Å². The molecule has 10 nitrogen and oxygen atoms in total. The fraction of sp³-hybridized carbons (Fsp3) is 0. The molecule has 0 saturated heterocycles. The van der Waals surface area contributed by atoms with Crippen LogP contribution in [0.2, 0.25) is 0 Å². The monoisotopic (exact) mass is 1150 g/mol. The summed E-state index contributed by atoms with van der Waals surface area (Å²) < 4.78 is 5.16. The molecule has 0 atom stereocenters. The van der Waals surface area contributed by atoms with Crippen LogP contribution in [0.1, 0.15) is 20.7 Å². The second-order valence-electron chi connectivity index (χ2n) is 15.1. The number of rotatable bonds is 10. The number of hydrogen-bond donors (Lipinski definition) is 3. The number of para-hydroxylation sites is 9. The molecule has 14 heteroatoms. The first-order valence-corrected chi connectivity index (χ1v) is 24.6. The molecule has 10 rings (SSSR count). The highest BCUT2D eigenvalue weighted by atomic mass is 79.9. The summed E-state index contributed by atoms with van der Waals surface area (Å²) in [5.41, 5.74) is 9.44. The summed E-state index contributed by atoms with van der Waals surface area (Å²) in [4.78, 5) is 38.1. The minimum absolute atomic E-state index is 0.0753. The maximum atomic E-state index is 12.4. The highest BCUT2D eigenvalue weighted by molar-refractivity contribution is 9.11. The average Bonchev–Trinajstić information content (AvgIpc) is 3.79. The standard InChI is InChI=1S/C19H15BrN2O.C19H13BrN2.C12H10N2O2.C7H4BrClO/c20-15-12-10-14(11-13-15)19(23)22-18-9-5-4-8-17(18)21-16-6-2-1-3-7-16;20-15-12-10-14(11-13-15)19-21-17-8-4-5-9-18(17)22(19)16-6-2-1-3-7-16;15-14(16)12-9-5-4-8-11(12)13-10-6-2-1-3-7-10;8-6-3-1-5(2-4-6)7(9)10/h1-13,21H,(H,22,23);1-13H;1-9,13H;1-4H. The number of aromatic nitrogens is 2. The molecule has 9 aromatic carbocycles. The van der Waals surface area contributed by atoms with E-state index in [0.29, 0.717) is 16.8 Å². The number of hydrogen-bond acceptors (Lipinski definition) is 7. The van der Waals surface area contributed by atoms with Gasteiger partial charge in [-0.05, 0) is 139 Å².